The minimum Gasteiger partial charge on any atom is -0.449 e. The van der Waals surface area contributed by atoms with Gasteiger partial charge in [0.25, 0.3) is 0 Å². The fraction of sp³-hybridized carbons (Fsp3) is 0.900. The Morgan fingerprint density at radius 1 is 1.21 bits per heavy atom. The highest BCUT2D eigenvalue weighted by atomic mass is 16.6. The number of carbonyl (C=O) groups excluding carboxylic acids is 1. The van der Waals surface area contributed by atoms with Crippen molar-refractivity contribution in [2.24, 2.45) is 0 Å². The highest BCUT2D eigenvalue weighted by Gasteiger charge is 2.18. The van der Waals surface area contributed by atoms with E-state index in [4.69, 9.17) is 9.47 Å². The third-order valence-corrected chi connectivity index (χ3v) is 2.33. The van der Waals surface area contributed by atoms with Gasteiger partial charge in [-0.1, -0.05) is 0 Å². The molecule has 0 N–H and O–H groups in total. The van der Waals surface area contributed by atoms with E-state index in [2.05, 4.69) is 0 Å². The van der Waals surface area contributed by atoms with Crippen molar-refractivity contribution in [3.05, 3.63) is 0 Å². The smallest absolute Gasteiger partial charge is 0.409 e. The maximum Gasteiger partial charge on any atom is 0.409 e. The van der Waals surface area contributed by atoms with Crippen LogP contribution in [0.3, 0.4) is 0 Å². The third kappa shape index (κ3) is 3.96. The molecule has 14 heavy (non-hydrogen) atoms. The van der Waals surface area contributed by atoms with Crippen molar-refractivity contribution in [3.8, 4) is 0 Å². The molecule has 0 atom stereocenters. The predicted molar refractivity (Wildman–Crippen MR) is 53.3 cm³/mol. The number of rotatable bonds is 5. The summed E-state index contributed by atoms with van der Waals surface area (Å²) in [4.78, 5) is 13.1. The number of carbonyl (C=O) groups is 1. The molecule has 1 saturated heterocycles. The molecule has 1 heterocycles. The molecule has 82 valence electrons. The minimum absolute atomic E-state index is 0.153. The number of nitrogens with zero attached hydrogens (tertiary/aromatic N) is 1. The van der Waals surface area contributed by atoms with Gasteiger partial charge in [0.1, 0.15) is 0 Å². The highest BCUT2D eigenvalue weighted by Crippen LogP contribution is 2.08. The molecule has 0 aromatic carbocycles. The molecule has 0 bridgehead atoms. The molecule has 1 aliphatic heterocycles. The highest BCUT2D eigenvalue weighted by molar-refractivity contribution is 5.67. The van der Waals surface area contributed by atoms with Gasteiger partial charge in [-0.15, -0.1) is 0 Å². The van der Waals surface area contributed by atoms with Crippen LogP contribution in [-0.4, -0.2) is 44.4 Å². The van der Waals surface area contributed by atoms with Crippen LogP contribution in [0.1, 0.15) is 25.7 Å². The van der Waals surface area contributed by atoms with E-state index in [1.807, 2.05) is 0 Å². The van der Waals surface area contributed by atoms with Crippen molar-refractivity contribution in [1.29, 1.82) is 0 Å². The van der Waals surface area contributed by atoms with Crippen molar-refractivity contribution in [2.75, 3.05) is 33.4 Å². The first-order chi connectivity index (χ1) is 6.84. The zero-order chi connectivity index (χ0) is 10.2. The number of unbranched alkanes of at least 4 members (excludes halogenated alkanes) is 1. The first-order valence-corrected chi connectivity index (χ1v) is 5.25. The van der Waals surface area contributed by atoms with Crippen LogP contribution in [-0.2, 0) is 9.47 Å². The van der Waals surface area contributed by atoms with E-state index in [1.54, 1.807) is 12.0 Å². The molecule has 1 aliphatic rings. The molecule has 0 radical (unpaired) electrons. The van der Waals surface area contributed by atoms with Crippen molar-refractivity contribution < 1.29 is 14.3 Å². The topological polar surface area (TPSA) is 38.8 Å². The second-order valence-corrected chi connectivity index (χ2v) is 3.51. The lowest BCUT2D eigenvalue weighted by Crippen LogP contribution is -2.28. The molecule has 1 fully saturated rings. The van der Waals surface area contributed by atoms with Crippen LogP contribution in [0.5, 0.6) is 0 Å². The summed E-state index contributed by atoms with van der Waals surface area (Å²) in [5.41, 5.74) is 0. The van der Waals surface area contributed by atoms with Gasteiger partial charge in [-0.2, -0.15) is 0 Å². The summed E-state index contributed by atoms with van der Waals surface area (Å²) in [5.74, 6) is 0. The zero-order valence-corrected chi connectivity index (χ0v) is 8.83. The Balaban J connectivity index is 1.97. The molecule has 0 aliphatic carbocycles. The number of methoxy groups -OCH3 is 1. The Morgan fingerprint density at radius 3 is 2.50 bits per heavy atom. The first kappa shape index (κ1) is 11.3. The summed E-state index contributed by atoms with van der Waals surface area (Å²) in [5, 5.41) is 0. The standard InChI is InChI=1S/C10H19NO3/c1-13-8-4-5-9-14-10(12)11-6-2-3-7-11/h2-9H2,1H3. The van der Waals surface area contributed by atoms with Crippen molar-refractivity contribution in [1.82, 2.24) is 4.90 Å². The second kappa shape index (κ2) is 6.65. The lowest BCUT2D eigenvalue weighted by molar-refractivity contribution is 0.105. The van der Waals surface area contributed by atoms with Crippen LogP contribution in [0.15, 0.2) is 0 Å². The molecule has 0 saturated carbocycles. The number of ether oxygens (including phenoxy) is 2. The van der Waals surface area contributed by atoms with E-state index in [0.717, 1.165) is 45.4 Å². The number of likely N-dealkylation sites (tertiary alicyclic amines) is 1. The SMILES string of the molecule is COCCCCOC(=O)N1CCCC1. The molecule has 4 nitrogen and oxygen atoms in total. The van der Waals surface area contributed by atoms with Crippen LogP contribution in [0, 0.1) is 0 Å². The fourth-order valence-electron chi connectivity index (χ4n) is 1.50. The monoisotopic (exact) mass is 201 g/mol. The van der Waals surface area contributed by atoms with Gasteiger partial charge >= 0.3 is 6.09 Å². The van der Waals surface area contributed by atoms with Gasteiger partial charge < -0.3 is 14.4 Å². The second-order valence-electron chi connectivity index (χ2n) is 3.51. The van der Waals surface area contributed by atoms with E-state index < -0.39 is 0 Å². The molecular formula is C10H19NO3. The van der Waals surface area contributed by atoms with Crippen molar-refractivity contribution in [3.63, 3.8) is 0 Å². The van der Waals surface area contributed by atoms with Crippen LogP contribution < -0.4 is 0 Å². The average molecular weight is 201 g/mol. The maximum atomic E-state index is 11.4. The zero-order valence-electron chi connectivity index (χ0n) is 8.83. The fourth-order valence-corrected chi connectivity index (χ4v) is 1.50. The van der Waals surface area contributed by atoms with Crippen molar-refractivity contribution in [2.45, 2.75) is 25.7 Å². The largest absolute Gasteiger partial charge is 0.449 e. The van der Waals surface area contributed by atoms with Gasteiger partial charge in [0, 0.05) is 26.8 Å². The average Bonchev–Trinajstić information content (AvgIpc) is 2.70. The summed E-state index contributed by atoms with van der Waals surface area (Å²) in [7, 11) is 1.68. The molecule has 1 amide bonds. The molecular weight excluding hydrogens is 182 g/mol. The minimum atomic E-state index is -0.153. The normalized spacial score (nSPS) is 15.9. The molecule has 0 aromatic rings. The Kier molecular flexibility index (Phi) is 5.37. The molecule has 0 unspecified atom stereocenters. The van der Waals surface area contributed by atoms with Crippen LogP contribution >= 0.6 is 0 Å². The van der Waals surface area contributed by atoms with E-state index in [0.29, 0.717) is 6.61 Å². The molecule has 4 heteroatoms. The van der Waals surface area contributed by atoms with Gasteiger partial charge in [-0.3, -0.25) is 0 Å². The Morgan fingerprint density at radius 2 is 1.86 bits per heavy atom. The van der Waals surface area contributed by atoms with Crippen LogP contribution in [0.2, 0.25) is 0 Å². The summed E-state index contributed by atoms with van der Waals surface area (Å²) < 4.78 is 10.0. The third-order valence-electron chi connectivity index (χ3n) is 2.33. The van der Waals surface area contributed by atoms with Crippen molar-refractivity contribution >= 4 is 6.09 Å². The Labute approximate surface area is 85.2 Å². The quantitative estimate of drug-likeness (QED) is 0.635. The molecule has 1 rings (SSSR count). The van der Waals surface area contributed by atoms with E-state index in [9.17, 15) is 4.79 Å². The Hall–Kier alpha value is -0.770. The maximum absolute atomic E-state index is 11.4. The lowest BCUT2D eigenvalue weighted by atomic mass is 10.3. The lowest BCUT2D eigenvalue weighted by Gasteiger charge is -2.14. The van der Waals surface area contributed by atoms with Crippen LogP contribution in [0.4, 0.5) is 4.79 Å². The van der Waals surface area contributed by atoms with E-state index >= 15 is 0 Å². The van der Waals surface area contributed by atoms with Crippen LogP contribution in [0.25, 0.3) is 0 Å². The number of hydrogen-bond donors (Lipinski definition) is 0. The summed E-state index contributed by atoms with van der Waals surface area (Å²) in [6, 6.07) is 0. The summed E-state index contributed by atoms with van der Waals surface area (Å²) >= 11 is 0. The van der Waals surface area contributed by atoms with E-state index in [-0.39, 0.29) is 6.09 Å². The van der Waals surface area contributed by atoms with Gasteiger partial charge in [0.2, 0.25) is 0 Å². The van der Waals surface area contributed by atoms with Gasteiger partial charge in [-0.05, 0) is 25.7 Å². The summed E-state index contributed by atoms with van der Waals surface area (Å²) in [6.45, 7) is 2.97. The first-order valence-electron chi connectivity index (χ1n) is 5.25. The molecule has 0 spiro atoms. The Bertz CT molecular complexity index is 167. The van der Waals surface area contributed by atoms with Gasteiger partial charge in [0.05, 0.1) is 6.61 Å². The van der Waals surface area contributed by atoms with E-state index in [1.165, 1.54) is 0 Å². The van der Waals surface area contributed by atoms with Gasteiger partial charge in [0.15, 0.2) is 0 Å². The molecule has 0 aromatic heterocycles. The predicted octanol–water partition coefficient (Wildman–Crippen LogP) is 1.65. The number of hydrogen-bond acceptors (Lipinski definition) is 3. The summed E-state index contributed by atoms with van der Waals surface area (Å²) in [6.07, 6.45) is 3.90. The number of amides is 1. The van der Waals surface area contributed by atoms with Gasteiger partial charge in [-0.25, -0.2) is 4.79 Å².